The molecule has 3 N–H and O–H groups in total. The number of benzene rings is 2. The van der Waals surface area contributed by atoms with Gasteiger partial charge in [-0.1, -0.05) is 48.5 Å². The highest BCUT2D eigenvalue weighted by Crippen LogP contribution is 2.30. The Morgan fingerprint density at radius 3 is 2.65 bits per heavy atom. The number of para-hydroxylation sites is 1. The standard InChI is InChI=1S/C26H32N6O2/c1-3-28-26-29-17-21-24(30-26)31(2)15-16-32(25(21)33)18-20-11-7-8-12-22(20)34-23(13-14-27)19-9-5-4-6-10-19/h4-12,17,23H,3,13-16,18,27H2,1-2H3,(H,28,29,30). The third kappa shape index (κ3) is 5.28. The Bertz CT molecular complexity index is 1110. The van der Waals surface area contributed by atoms with E-state index < -0.39 is 0 Å². The van der Waals surface area contributed by atoms with E-state index in [0.717, 1.165) is 16.9 Å². The molecule has 1 amide bonds. The van der Waals surface area contributed by atoms with Crippen LogP contribution in [-0.4, -0.2) is 54.0 Å². The van der Waals surface area contributed by atoms with Gasteiger partial charge in [0.2, 0.25) is 5.95 Å². The summed E-state index contributed by atoms with van der Waals surface area (Å²) in [5.41, 5.74) is 8.41. The highest BCUT2D eigenvalue weighted by Gasteiger charge is 2.28. The number of anilines is 2. The number of amides is 1. The number of fused-ring (bicyclic) bond motifs is 1. The Morgan fingerprint density at radius 1 is 1.12 bits per heavy atom. The minimum atomic E-state index is -0.156. The summed E-state index contributed by atoms with van der Waals surface area (Å²) in [4.78, 5) is 26.2. The van der Waals surface area contributed by atoms with Crippen LogP contribution >= 0.6 is 0 Å². The average Bonchev–Trinajstić information content (AvgIpc) is 2.97. The lowest BCUT2D eigenvalue weighted by Gasteiger charge is -2.25. The Balaban J connectivity index is 1.58. The SMILES string of the molecule is CCNc1ncc2c(n1)N(C)CCN(Cc1ccccc1OC(CCN)c1ccccc1)C2=O. The van der Waals surface area contributed by atoms with Crippen LogP contribution in [0.2, 0.25) is 0 Å². The van der Waals surface area contributed by atoms with E-state index in [0.29, 0.717) is 56.5 Å². The molecule has 1 aromatic heterocycles. The predicted octanol–water partition coefficient (Wildman–Crippen LogP) is 3.47. The van der Waals surface area contributed by atoms with Crippen molar-refractivity contribution in [2.24, 2.45) is 5.73 Å². The van der Waals surface area contributed by atoms with Crippen LogP contribution < -0.4 is 20.7 Å². The summed E-state index contributed by atoms with van der Waals surface area (Å²) in [6, 6.07) is 18.0. The Kier molecular flexibility index (Phi) is 7.59. The lowest BCUT2D eigenvalue weighted by atomic mass is 10.1. The second-order valence-electron chi connectivity index (χ2n) is 8.31. The molecule has 2 heterocycles. The van der Waals surface area contributed by atoms with Crippen molar-refractivity contribution in [1.29, 1.82) is 0 Å². The molecule has 34 heavy (non-hydrogen) atoms. The highest BCUT2D eigenvalue weighted by atomic mass is 16.5. The maximum absolute atomic E-state index is 13.5. The molecule has 8 heteroatoms. The number of nitrogens with zero attached hydrogens (tertiary/aromatic N) is 4. The van der Waals surface area contributed by atoms with Crippen LogP contribution in [-0.2, 0) is 6.54 Å². The normalized spacial score (nSPS) is 14.4. The largest absolute Gasteiger partial charge is 0.485 e. The first-order valence-electron chi connectivity index (χ1n) is 11.7. The third-order valence-electron chi connectivity index (χ3n) is 5.89. The van der Waals surface area contributed by atoms with Crippen LogP contribution in [0.15, 0.2) is 60.8 Å². The minimum Gasteiger partial charge on any atom is -0.485 e. The zero-order chi connectivity index (χ0) is 23.9. The number of hydrogen-bond acceptors (Lipinski definition) is 7. The summed E-state index contributed by atoms with van der Waals surface area (Å²) in [5, 5.41) is 3.11. The number of carbonyl (C=O) groups excluding carboxylic acids is 1. The van der Waals surface area contributed by atoms with Gasteiger partial charge in [0.25, 0.3) is 5.91 Å². The van der Waals surface area contributed by atoms with E-state index in [4.69, 9.17) is 10.5 Å². The molecule has 1 unspecified atom stereocenters. The molecule has 0 spiro atoms. The Labute approximate surface area is 200 Å². The van der Waals surface area contributed by atoms with Gasteiger partial charge in [-0.25, -0.2) is 4.98 Å². The summed E-state index contributed by atoms with van der Waals surface area (Å²) in [5.74, 6) is 1.85. The molecular weight excluding hydrogens is 428 g/mol. The summed E-state index contributed by atoms with van der Waals surface area (Å²) in [7, 11) is 1.95. The van der Waals surface area contributed by atoms with E-state index in [2.05, 4.69) is 27.4 Å². The number of rotatable bonds is 9. The van der Waals surface area contributed by atoms with Crippen molar-refractivity contribution in [2.45, 2.75) is 26.0 Å². The first kappa shape index (κ1) is 23.5. The monoisotopic (exact) mass is 460 g/mol. The van der Waals surface area contributed by atoms with Crippen molar-refractivity contribution in [3.8, 4) is 5.75 Å². The lowest BCUT2D eigenvalue weighted by Crippen LogP contribution is -2.33. The van der Waals surface area contributed by atoms with Gasteiger partial charge in [-0.15, -0.1) is 0 Å². The van der Waals surface area contributed by atoms with Gasteiger partial charge in [-0.2, -0.15) is 4.98 Å². The van der Waals surface area contributed by atoms with Gasteiger partial charge < -0.3 is 25.6 Å². The summed E-state index contributed by atoms with van der Waals surface area (Å²) < 4.78 is 6.45. The highest BCUT2D eigenvalue weighted by molar-refractivity contribution is 5.99. The van der Waals surface area contributed by atoms with Gasteiger partial charge in [0, 0.05) is 51.4 Å². The van der Waals surface area contributed by atoms with E-state index in [-0.39, 0.29) is 12.0 Å². The zero-order valence-corrected chi connectivity index (χ0v) is 19.8. The molecular formula is C26H32N6O2. The van der Waals surface area contributed by atoms with E-state index in [1.165, 1.54) is 0 Å². The van der Waals surface area contributed by atoms with Crippen LogP contribution in [0.5, 0.6) is 5.75 Å². The number of aromatic nitrogens is 2. The van der Waals surface area contributed by atoms with Crippen LogP contribution in [0.25, 0.3) is 0 Å². The maximum Gasteiger partial charge on any atom is 0.259 e. The van der Waals surface area contributed by atoms with Crippen molar-refractivity contribution in [3.63, 3.8) is 0 Å². The fourth-order valence-electron chi connectivity index (χ4n) is 4.08. The molecule has 1 aliphatic rings. The summed E-state index contributed by atoms with van der Waals surface area (Å²) in [6.07, 6.45) is 2.16. The number of hydrogen-bond donors (Lipinski definition) is 2. The molecule has 178 valence electrons. The number of likely N-dealkylation sites (N-methyl/N-ethyl adjacent to an activating group) is 1. The third-order valence-corrected chi connectivity index (χ3v) is 5.89. The van der Waals surface area contributed by atoms with Crippen LogP contribution in [0.4, 0.5) is 11.8 Å². The quantitative estimate of drug-likeness (QED) is 0.505. The van der Waals surface area contributed by atoms with Crippen molar-refractivity contribution >= 4 is 17.7 Å². The first-order chi connectivity index (χ1) is 16.6. The van der Waals surface area contributed by atoms with Crippen LogP contribution in [0, 0.1) is 0 Å². The van der Waals surface area contributed by atoms with Crippen molar-refractivity contribution in [1.82, 2.24) is 14.9 Å². The molecule has 3 aromatic rings. The molecule has 0 radical (unpaired) electrons. The first-order valence-corrected chi connectivity index (χ1v) is 11.7. The lowest BCUT2D eigenvalue weighted by molar-refractivity contribution is 0.0751. The molecule has 0 aliphatic carbocycles. The van der Waals surface area contributed by atoms with Gasteiger partial charge in [0.05, 0.1) is 0 Å². The van der Waals surface area contributed by atoms with Gasteiger partial charge in [-0.05, 0) is 25.1 Å². The molecule has 1 atom stereocenters. The van der Waals surface area contributed by atoms with E-state index >= 15 is 0 Å². The fraction of sp³-hybridized carbons (Fsp3) is 0.346. The minimum absolute atomic E-state index is 0.0845. The number of carbonyl (C=O) groups is 1. The molecule has 4 rings (SSSR count). The number of ether oxygens (including phenoxy) is 1. The predicted molar refractivity (Wildman–Crippen MR) is 134 cm³/mol. The van der Waals surface area contributed by atoms with Crippen molar-refractivity contribution in [2.75, 3.05) is 43.4 Å². The van der Waals surface area contributed by atoms with E-state index in [1.807, 2.05) is 66.2 Å². The second kappa shape index (κ2) is 11.0. The Morgan fingerprint density at radius 2 is 1.88 bits per heavy atom. The van der Waals surface area contributed by atoms with Crippen LogP contribution in [0.1, 0.15) is 40.9 Å². The van der Waals surface area contributed by atoms with Gasteiger partial charge >= 0.3 is 0 Å². The molecule has 8 nitrogen and oxygen atoms in total. The van der Waals surface area contributed by atoms with E-state index in [9.17, 15) is 4.79 Å². The maximum atomic E-state index is 13.5. The number of nitrogens with one attached hydrogen (secondary N) is 1. The van der Waals surface area contributed by atoms with Gasteiger partial charge in [0.15, 0.2) is 0 Å². The fourth-order valence-corrected chi connectivity index (χ4v) is 4.08. The topological polar surface area (TPSA) is 96.6 Å². The summed E-state index contributed by atoms with van der Waals surface area (Å²) in [6.45, 7) is 4.89. The molecule has 0 saturated carbocycles. The smallest absolute Gasteiger partial charge is 0.259 e. The molecule has 0 saturated heterocycles. The van der Waals surface area contributed by atoms with Crippen molar-refractivity contribution in [3.05, 3.63) is 77.5 Å². The average molecular weight is 461 g/mol. The number of nitrogens with two attached hydrogens (primary N) is 1. The second-order valence-corrected chi connectivity index (χ2v) is 8.31. The molecule has 0 fully saturated rings. The van der Waals surface area contributed by atoms with Crippen LogP contribution in [0.3, 0.4) is 0 Å². The van der Waals surface area contributed by atoms with Crippen molar-refractivity contribution < 1.29 is 9.53 Å². The zero-order valence-electron chi connectivity index (χ0n) is 19.8. The summed E-state index contributed by atoms with van der Waals surface area (Å²) >= 11 is 0. The molecule has 1 aliphatic heterocycles. The molecule has 0 bridgehead atoms. The van der Waals surface area contributed by atoms with Gasteiger partial charge in [-0.3, -0.25) is 4.79 Å². The molecule has 2 aromatic carbocycles. The Hall–Kier alpha value is -3.65. The van der Waals surface area contributed by atoms with Gasteiger partial charge in [0.1, 0.15) is 23.2 Å². The van der Waals surface area contributed by atoms with E-state index in [1.54, 1.807) is 6.20 Å².